The van der Waals surface area contributed by atoms with Gasteiger partial charge < -0.3 is 40.2 Å². The van der Waals surface area contributed by atoms with E-state index in [1.54, 1.807) is 13.8 Å². The number of hydrogen-bond donors (Lipinski definition) is 5. The summed E-state index contributed by atoms with van der Waals surface area (Å²) in [4.78, 5) is 72.3. The smallest absolute Gasteiger partial charge is 0.330 e. The molecule has 4 amide bonds. The Morgan fingerprint density at radius 1 is 0.640 bits per heavy atom. The van der Waals surface area contributed by atoms with Crippen molar-refractivity contribution < 1.29 is 56.1 Å². The molecule has 18 heteroatoms. The van der Waals surface area contributed by atoms with Crippen LogP contribution in [-0.2, 0) is 48.1 Å². The number of hydrogen-bond acceptors (Lipinski definition) is 12. The largest absolute Gasteiger partial charge is 0.462 e. The van der Waals surface area contributed by atoms with Crippen molar-refractivity contribution in [3.8, 4) is 0 Å². The number of benzene rings is 1. The van der Waals surface area contributed by atoms with Crippen LogP contribution in [-0.4, -0.2) is 81.9 Å². The lowest BCUT2D eigenvalue weighted by molar-refractivity contribution is -0.140. The molecular formula is C32H43N5O12S. The number of esters is 4. The second-order valence-corrected chi connectivity index (χ2v) is 12.6. The van der Waals surface area contributed by atoms with Gasteiger partial charge in [-0.25, -0.2) is 42.3 Å². The van der Waals surface area contributed by atoms with Crippen LogP contribution in [0.5, 0.6) is 0 Å². The summed E-state index contributed by atoms with van der Waals surface area (Å²) in [5.74, 6) is -2.78. The standard InChI is InChI=1S/C32H43N5O12S/c1-7-25(38)46-17-13-31(5,14-18-47-26(39)8-2)36-29(42)34-23-12-11-22(50(33,44)45)21-24(23)35-30(43)37-32(6,15-19-48-27(40)9-3)16-20-49-28(41)10-4/h7-12,21H,1-4,13-20H2,5-6H3,(H2,33,44,45)(H2,34,36,42)(H2,35,37,43). The summed E-state index contributed by atoms with van der Waals surface area (Å²) in [5, 5.41) is 15.7. The van der Waals surface area contributed by atoms with Crippen LogP contribution in [0.4, 0.5) is 21.0 Å². The van der Waals surface area contributed by atoms with E-state index < -0.39 is 61.9 Å². The van der Waals surface area contributed by atoms with Gasteiger partial charge in [-0.3, -0.25) is 0 Å². The molecule has 0 unspecified atom stereocenters. The number of urea groups is 2. The number of primary sulfonamides is 1. The summed E-state index contributed by atoms with van der Waals surface area (Å²) in [6.45, 7) is 15.9. The highest BCUT2D eigenvalue weighted by atomic mass is 32.2. The molecule has 0 aromatic heterocycles. The molecule has 1 rings (SSSR count). The minimum absolute atomic E-state index is 0.0547. The predicted molar refractivity (Wildman–Crippen MR) is 182 cm³/mol. The van der Waals surface area contributed by atoms with Crippen molar-refractivity contribution in [2.24, 2.45) is 5.14 Å². The number of carbonyl (C=O) groups is 6. The number of sulfonamides is 1. The molecule has 6 N–H and O–H groups in total. The quantitative estimate of drug-likeness (QED) is 0.0698. The van der Waals surface area contributed by atoms with Crippen molar-refractivity contribution in [2.45, 2.75) is 55.5 Å². The topological polar surface area (TPSA) is 248 Å². The molecule has 0 heterocycles. The number of amides is 4. The summed E-state index contributed by atoms with van der Waals surface area (Å²) in [7, 11) is -4.26. The Kier molecular flexibility index (Phi) is 17.1. The van der Waals surface area contributed by atoms with Gasteiger partial charge in [0.1, 0.15) is 0 Å². The van der Waals surface area contributed by atoms with Crippen molar-refractivity contribution >= 4 is 57.3 Å². The lowest BCUT2D eigenvalue weighted by Gasteiger charge is -2.31. The van der Waals surface area contributed by atoms with E-state index >= 15 is 0 Å². The molecular weight excluding hydrogens is 678 g/mol. The Morgan fingerprint density at radius 2 is 0.960 bits per heavy atom. The molecule has 1 aromatic carbocycles. The zero-order valence-electron chi connectivity index (χ0n) is 27.9. The molecule has 274 valence electrons. The summed E-state index contributed by atoms with van der Waals surface area (Å²) in [6, 6.07) is 1.59. The van der Waals surface area contributed by atoms with Gasteiger partial charge in [0.25, 0.3) is 0 Å². The number of nitrogens with one attached hydrogen (secondary N) is 4. The van der Waals surface area contributed by atoms with Crippen LogP contribution in [0.25, 0.3) is 0 Å². The maximum Gasteiger partial charge on any atom is 0.330 e. The lowest BCUT2D eigenvalue weighted by atomic mass is 9.94. The molecule has 0 bridgehead atoms. The first-order valence-corrected chi connectivity index (χ1v) is 16.5. The Labute approximate surface area is 290 Å². The van der Waals surface area contributed by atoms with Gasteiger partial charge in [-0.15, -0.1) is 0 Å². The van der Waals surface area contributed by atoms with E-state index in [1.165, 1.54) is 6.07 Å². The van der Waals surface area contributed by atoms with Crippen molar-refractivity contribution in [3.63, 3.8) is 0 Å². The first-order chi connectivity index (χ1) is 23.4. The first kappa shape index (κ1) is 42.5. The Hall–Kier alpha value is -5.49. The second-order valence-electron chi connectivity index (χ2n) is 11.0. The highest BCUT2D eigenvalue weighted by molar-refractivity contribution is 7.89. The van der Waals surface area contributed by atoms with E-state index in [-0.39, 0.29) is 63.5 Å². The van der Waals surface area contributed by atoms with E-state index in [0.717, 1.165) is 36.4 Å². The maximum absolute atomic E-state index is 13.3. The molecule has 1 aromatic rings. The average Bonchev–Trinajstić information content (AvgIpc) is 3.04. The van der Waals surface area contributed by atoms with Crippen molar-refractivity contribution in [3.05, 3.63) is 68.8 Å². The third kappa shape index (κ3) is 16.1. The fraction of sp³-hybridized carbons (Fsp3) is 0.375. The highest BCUT2D eigenvalue weighted by Gasteiger charge is 2.30. The molecule has 0 aliphatic heterocycles. The molecule has 0 spiro atoms. The van der Waals surface area contributed by atoms with Gasteiger partial charge in [0.2, 0.25) is 10.0 Å². The number of nitrogens with two attached hydrogens (primary N) is 1. The molecule has 0 aliphatic carbocycles. The van der Waals surface area contributed by atoms with Gasteiger partial charge >= 0.3 is 35.9 Å². The van der Waals surface area contributed by atoms with Crippen molar-refractivity contribution in [1.82, 2.24) is 10.6 Å². The number of carbonyl (C=O) groups excluding carboxylic acids is 6. The van der Waals surface area contributed by atoms with Crippen LogP contribution in [0.2, 0.25) is 0 Å². The zero-order chi connectivity index (χ0) is 38.0. The summed E-state index contributed by atoms with van der Waals surface area (Å²) in [6.07, 6.45) is 4.12. The molecule has 0 saturated heterocycles. The lowest BCUT2D eigenvalue weighted by Crippen LogP contribution is -2.50. The molecule has 0 saturated carbocycles. The third-order valence-electron chi connectivity index (χ3n) is 6.91. The summed E-state index contributed by atoms with van der Waals surface area (Å²) in [5.41, 5.74) is -2.53. The third-order valence-corrected chi connectivity index (χ3v) is 7.82. The number of anilines is 2. The highest BCUT2D eigenvalue weighted by Crippen LogP contribution is 2.27. The number of ether oxygens (including phenoxy) is 4. The summed E-state index contributed by atoms with van der Waals surface area (Å²) < 4.78 is 44.4. The van der Waals surface area contributed by atoms with E-state index in [9.17, 15) is 37.2 Å². The van der Waals surface area contributed by atoms with E-state index in [0.29, 0.717) is 0 Å². The van der Waals surface area contributed by atoms with E-state index in [2.05, 4.69) is 47.6 Å². The van der Waals surface area contributed by atoms with Crippen molar-refractivity contribution in [1.29, 1.82) is 0 Å². The van der Waals surface area contributed by atoms with E-state index in [4.69, 9.17) is 24.1 Å². The first-order valence-electron chi connectivity index (χ1n) is 14.9. The van der Waals surface area contributed by atoms with Crippen LogP contribution < -0.4 is 26.4 Å². The van der Waals surface area contributed by atoms with Crippen LogP contribution in [0.3, 0.4) is 0 Å². The molecule has 50 heavy (non-hydrogen) atoms. The van der Waals surface area contributed by atoms with Crippen LogP contribution >= 0.6 is 0 Å². The molecule has 0 atom stereocenters. The average molecular weight is 722 g/mol. The molecule has 17 nitrogen and oxygen atoms in total. The minimum atomic E-state index is -4.26. The Morgan fingerprint density at radius 3 is 1.26 bits per heavy atom. The van der Waals surface area contributed by atoms with Gasteiger partial charge in [-0.1, -0.05) is 26.3 Å². The Bertz CT molecular complexity index is 1520. The zero-order valence-corrected chi connectivity index (χ0v) is 28.7. The summed E-state index contributed by atoms with van der Waals surface area (Å²) >= 11 is 0. The molecule has 0 aliphatic rings. The SMILES string of the molecule is C=CC(=O)OCCC(C)(CCOC(=O)C=C)NC(=O)Nc1ccc(S(N)(=O)=O)cc1NC(=O)NC(C)(CCOC(=O)C=C)CCOC(=O)C=C. The Balaban J connectivity index is 3.29. The van der Waals surface area contributed by atoms with E-state index in [1.807, 2.05) is 0 Å². The fourth-order valence-corrected chi connectivity index (χ4v) is 4.55. The van der Waals surface area contributed by atoms with Gasteiger partial charge in [-0.2, -0.15) is 0 Å². The molecule has 0 radical (unpaired) electrons. The fourth-order valence-electron chi connectivity index (χ4n) is 4.01. The van der Waals surface area contributed by atoms with Crippen LogP contribution in [0, 0.1) is 0 Å². The number of rotatable bonds is 21. The van der Waals surface area contributed by atoms with Gasteiger partial charge in [0, 0.05) is 61.1 Å². The second kappa shape index (κ2) is 20.1. The van der Waals surface area contributed by atoms with Crippen LogP contribution in [0.15, 0.2) is 73.7 Å². The minimum Gasteiger partial charge on any atom is -0.462 e. The van der Waals surface area contributed by atoms with Gasteiger partial charge in [0.15, 0.2) is 0 Å². The van der Waals surface area contributed by atoms with Crippen LogP contribution in [0.1, 0.15) is 39.5 Å². The monoisotopic (exact) mass is 721 g/mol. The maximum atomic E-state index is 13.3. The van der Waals surface area contributed by atoms with Crippen molar-refractivity contribution in [2.75, 3.05) is 37.1 Å². The van der Waals surface area contributed by atoms with Gasteiger partial charge in [-0.05, 0) is 32.0 Å². The normalized spacial score (nSPS) is 11.1. The molecule has 0 fully saturated rings. The van der Waals surface area contributed by atoms with Gasteiger partial charge in [0.05, 0.1) is 42.7 Å². The predicted octanol–water partition coefficient (Wildman–Crippen LogP) is 2.57.